The van der Waals surface area contributed by atoms with Gasteiger partial charge in [-0.15, -0.1) is 0 Å². The molecule has 0 spiro atoms. The fourth-order valence-corrected chi connectivity index (χ4v) is 1.11. The molecule has 0 radical (unpaired) electrons. The van der Waals surface area contributed by atoms with Gasteiger partial charge >= 0.3 is 6.09 Å². The molecule has 0 atom stereocenters. The van der Waals surface area contributed by atoms with Crippen LogP contribution in [0.1, 0.15) is 19.8 Å². The molecule has 0 bridgehead atoms. The topological polar surface area (TPSA) is 95.5 Å². The molecule has 2 amide bonds. The van der Waals surface area contributed by atoms with Crippen molar-refractivity contribution in [3.8, 4) is 0 Å². The van der Waals surface area contributed by atoms with E-state index in [1.807, 2.05) is 0 Å². The zero-order valence-electron chi connectivity index (χ0n) is 7.79. The zero-order valence-corrected chi connectivity index (χ0v) is 7.79. The number of carboxylic acid groups (broad SMARTS) is 1. The fourth-order valence-electron chi connectivity index (χ4n) is 1.11. The van der Waals surface area contributed by atoms with Crippen molar-refractivity contribution in [1.82, 2.24) is 10.6 Å². The van der Waals surface area contributed by atoms with E-state index in [1.54, 1.807) is 0 Å². The van der Waals surface area contributed by atoms with Crippen LogP contribution >= 0.6 is 0 Å². The van der Waals surface area contributed by atoms with Crippen molar-refractivity contribution in [1.29, 1.82) is 0 Å². The van der Waals surface area contributed by atoms with E-state index < -0.39 is 17.5 Å². The summed E-state index contributed by atoms with van der Waals surface area (Å²) in [5, 5.41) is 13.0. The molecule has 6 heteroatoms. The van der Waals surface area contributed by atoms with Crippen LogP contribution in [0.15, 0.2) is 0 Å². The maximum Gasteiger partial charge on any atom is 0.405 e. The van der Waals surface area contributed by atoms with E-state index >= 15 is 0 Å². The van der Waals surface area contributed by atoms with Crippen LogP contribution < -0.4 is 10.6 Å². The summed E-state index contributed by atoms with van der Waals surface area (Å²) < 4.78 is 0. The predicted octanol–water partition coefficient (Wildman–Crippen LogP) is -0.508. The average Bonchev–Trinajstić information content (AvgIpc) is 2.80. The van der Waals surface area contributed by atoms with E-state index in [0.717, 1.165) is 0 Å². The Kier molecular flexibility index (Phi) is 2.73. The predicted molar refractivity (Wildman–Crippen MR) is 46.8 cm³/mol. The van der Waals surface area contributed by atoms with Gasteiger partial charge in [-0.1, -0.05) is 0 Å². The highest BCUT2D eigenvalue weighted by Gasteiger charge is 2.51. The standard InChI is InChI=1S/C8H12N2O4/c1-5(11)4-9-6(12)8(2-3-8)10-7(13)14/h10H,2-4H2,1H3,(H,9,12)(H,13,14). The monoisotopic (exact) mass is 200 g/mol. The molecule has 0 heterocycles. The zero-order chi connectivity index (χ0) is 10.8. The van der Waals surface area contributed by atoms with Crippen LogP contribution in [0.5, 0.6) is 0 Å². The molecule has 1 saturated carbocycles. The smallest absolute Gasteiger partial charge is 0.405 e. The van der Waals surface area contributed by atoms with E-state index in [0.29, 0.717) is 12.8 Å². The molecule has 1 fully saturated rings. The molecule has 1 rings (SSSR count). The quantitative estimate of drug-likeness (QED) is 0.569. The Balaban J connectivity index is 2.43. The maximum atomic E-state index is 11.4. The molecule has 6 nitrogen and oxygen atoms in total. The van der Waals surface area contributed by atoms with E-state index in [9.17, 15) is 14.4 Å². The number of Topliss-reactive ketones (excluding diaryl/α,β-unsaturated/α-hetero) is 1. The first-order valence-electron chi connectivity index (χ1n) is 4.25. The lowest BCUT2D eigenvalue weighted by molar-refractivity contribution is -0.126. The Hall–Kier alpha value is -1.59. The number of hydrogen-bond donors (Lipinski definition) is 3. The van der Waals surface area contributed by atoms with Crippen molar-refractivity contribution in [3.05, 3.63) is 0 Å². The molecule has 0 aromatic heterocycles. The van der Waals surface area contributed by atoms with Crippen molar-refractivity contribution in [2.75, 3.05) is 6.54 Å². The molecule has 78 valence electrons. The van der Waals surface area contributed by atoms with Gasteiger partial charge in [-0.2, -0.15) is 0 Å². The number of hydrogen-bond acceptors (Lipinski definition) is 3. The molecule has 1 aliphatic carbocycles. The minimum atomic E-state index is -1.22. The first kappa shape index (κ1) is 10.5. The second-order valence-electron chi connectivity index (χ2n) is 3.40. The molecule has 0 aliphatic heterocycles. The van der Waals surface area contributed by atoms with E-state index in [2.05, 4.69) is 10.6 Å². The van der Waals surface area contributed by atoms with Crippen molar-refractivity contribution < 1.29 is 19.5 Å². The number of ketones is 1. The molecule has 14 heavy (non-hydrogen) atoms. The highest BCUT2D eigenvalue weighted by molar-refractivity contribution is 5.94. The van der Waals surface area contributed by atoms with Crippen LogP contribution in [0.3, 0.4) is 0 Å². The normalized spacial score (nSPS) is 16.9. The van der Waals surface area contributed by atoms with Gasteiger partial charge in [-0.25, -0.2) is 4.79 Å². The second-order valence-corrected chi connectivity index (χ2v) is 3.40. The molecule has 3 N–H and O–H groups in total. The van der Waals surface area contributed by atoms with Crippen molar-refractivity contribution >= 4 is 17.8 Å². The second kappa shape index (κ2) is 3.65. The number of carbonyl (C=O) groups excluding carboxylic acids is 2. The van der Waals surface area contributed by atoms with Crippen LogP contribution in [-0.4, -0.2) is 35.0 Å². The molecular weight excluding hydrogens is 188 g/mol. The lowest BCUT2D eigenvalue weighted by Gasteiger charge is -2.13. The number of amides is 2. The summed E-state index contributed by atoms with van der Waals surface area (Å²) in [4.78, 5) is 32.3. The third-order valence-electron chi connectivity index (χ3n) is 2.03. The van der Waals surface area contributed by atoms with Crippen LogP contribution in [0, 0.1) is 0 Å². The minimum absolute atomic E-state index is 0.0537. The van der Waals surface area contributed by atoms with Crippen LogP contribution in [0.2, 0.25) is 0 Å². The summed E-state index contributed by atoms with van der Waals surface area (Å²) in [7, 11) is 0. The molecule has 0 saturated heterocycles. The highest BCUT2D eigenvalue weighted by Crippen LogP contribution is 2.35. The van der Waals surface area contributed by atoms with Gasteiger partial charge in [0.05, 0.1) is 6.54 Å². The van der Waals surface area contributed by atoms with Crippen LogP contribution in [0.25, 0.3) is 0 Å². The van der Waals surface area contributed by atoms with Gasteiger partial charge in [0.2, 0.25) is 5.91 Å². The summed E-state index contributed by atoms with van der Waals surface area (Å²) in [5.41, 5.74) is -0.985. The van der Waals surface area contributed by atoms with Crippen LogP contribution in [-0.2, 0) is 9.59 Å². The maximum absolute atomic E-state index is 11.4. The summed E-state index contributed by atoms with van der Waals surface area (Å²) in [6.07, 6.45) is -0.244. The minimum Gasteiger partial charge on any atom is -0.465 e. The van der Waals surface area contributed by atoms with Crippen molar-refractivity contribution in [2.24, 2.45) is 0 Å². The van der Waals surface area contributed by atoms with E-state index in [4.69, 9.17) is 5.11 Å². The Bertz CT molecular complexity index is 283. The molecule has 1 aliphatic rings. The largest absolute Gasteiger partial charge is 0.465 e. The van der Waals surface area contributed by atoms with Crippen molar-refractivity contribution in [3.63, 3.8) is 0 Å². The highest BCUT2D eigenvalue weighted by atomic mass is 16.4. The summed E-state index contributed by atoms with van der Waals surface area (Å²) >= 11 is 0. The lowest BCUT2D eigenvalue weighted by Crippen LogP contribution is -2.49. The number of nitrogens with one attached hydrogen (secondary N) is 2. The third kappa shape index (κ3) is 2.45. The summed E-state index contributed by atoms with van der Waals surface area (Å²) in [6.45, 7) is 1.30. The van der Waals surface area contributed by atoms with Gasteiger partial charge in [0.1, 0.15) is 11.3 Å². The third-order valence-corrected chi connectivity index (χ3v) is 2.03. The Morgan fingerprint density at radius 1 is 1.36 bits per heavy atom. The molecular formula is C8H12N2O4. The SMILES string of the molecule is CC(=O)CNC(=O)C1(NC(=O)O)CC1. The van der Waals surface area contributed by atoms with E-state index in [-0.39, 0.29) is 12.3 Å². The lowest BCUT2D eigenvalue weighted by atomic mass is 10.2. The Morgan fingerprint density at radius 3 is 2.29 bits per heavy atom. The summed E-state index contributed by atoms with van der Waals surface area (Å²) in [5.74, 6) is -0.584. The molecule has 0 unspecified atom stereocenters. The van der Waals surface area contributed by atoms with Gasteiger partial charge in [-0.05, 0) is 19.8 Å². The summed E-state index contributed by atoms with van der Waals surface area (Å²) in [6, 6.07) is 0. The first-order chi connectivity index (χ1) is 6.46. The molecule has 0 aromatic rings. The van der Waals surface area contributed by atoms with Gasteiger partial charge in [0, 0.05) is 0 Å². The van der Waals surface area contributed by atoms with Gasteiger partial charge in [-0.3, -0.25) is 9.59 Å². The van der Waals surface area contributed by atoms with Crippen LogP contribution in [0.4, 0.5) is 4.79 Å². The van der Waals surface area contributed by atoms with Crippen molar-refractivity contribution in [2.45, 2.75) is 25.3 Å². The Labute approximate surface area is 80.7 Å². The fraction of sp³-hybridized carbons (Fsp3) is 0.625. The first-order valence-corrected chi connectivity index (χ1v) is 4.25. The molecule has 0 aromatic carbocycles. The van der Waals surface area contributed by atoms with E-state index in [1.165, 1.54) is 6.92 Å². The number of rotatable bonds is 4. The van der Waals surface area contributed by atoms with Gasteiger partial charge < -0.3 is 15.7 Å². The Morgan fingerprint density at radius 2 is 1.93 bits per heavy atom. The number of carbonyl (C=O) groups is 3. The average molecular weight is 200 g/mol. The van der Waals surface area contributed by atoms with Gasteiger partial charge in [0.15, 0.2) is 0 Å². The van der Waals surface area contributed by atoms with Gasteiger partial charge in [0.25, 0.3) is 0 Å².